The standard InChI is InChI=1S/C19H22N4O4/c1-5-7-14(6-2)11-20-18(24)10-17-19(25)21-15-8-12(3)13(4)9-16(15)22(17)23(26)27/h5-9,17H,1-2,10-11H2,3-4H3,(H,20,24)(H,21,25)/b14-7+. The SMILES string of the molecule is C=C/C=C(\C=C)CNC(=O)CC1C(=O)Nc2cc(C)c(C)cc2N1[N+](=O)[O-]. The Morgan fingerprint density at radius 3 is 2.63 bits per heavy atom. The van der Waals surface area contributed by atoms with Crippen molar-refractivity contribution in [2.24, 2.45) is 0 Å². The first-order chi connectivity index (χ1) is 12.8. The van der Waals surface area contributed by atoms with Gasteiger partial charge in [-0.25, -0.2) is 10.1 Å². The van der Waals surface area contributed by atoms with Gasteiger partial charge in [-0.3, -0.25) is 9.59 Å². The molecule has 27 heavy (non-hydrogen) atoms. The van der Waals surface area contributed by atoms with Gasteiger partial charge in [-0.2, -0.15) is 0 Å². The summed E-state index contributed by atoms with van der Waals surface area (Å²) < 4.78 is 0. The van der Waals surface area contributed by atoms with Crippen molar-refractivity contribution in [3.63, 3.8) is 0 Å². The Labute approximate surface area is 157 Å². The number of amides is 2. The number of benzene rings is 1. The van der Waals surface area contributed by atoms with E-state index in [0.29, 0.717) is 5.69 Å². The van der Waals surface area contributed by atoms with E-state index in [1.165, 1.54) is 0 Å². The average Bonchev–Trinajstić information content (AvgIpc) is 2.60. The quantitative estimate of drug-likeness (QED) is 0.436. The maximum Gasteiger partial charge on any atom is 0.254 e. The number of aryl methyl sites for hydroxylation is 2. The van der Waals surface area contributed by atoms with Crippen LogP contribution in [0.3, 0.4) is 0 Å². The van der Waals surface area contributed by atoms with Crippen LogP contribution in [0.15, 0.2) is 49.1 Å². The van der Waals surface area contributed by atoms with Crippen LogP contribution in [0.25, 0.3) is 0 Å². The second-order valence-corrected chi connectivity index (χ2v) is 6.20. The highest BCUT2D eigenvalue weighted by atomic mass is 16.7. The van der Waals surface area contributed by atoms with Crippen LogP contribution < -0.4 is 15.6 Å². The molecule has 2 N–H and O–H groups in total. The number of nitrogens with one attached hydrogen (secondary N) is 2. The molecule has 0 saturated carbocycles. The highest BCUT2D eigenvalue weighted by molar-refractivity contribution is 6.05. The molecule has 0 aliphatic carbocycles. The van der Waals surface area contributed by atoms with E-state index in [0.717, 1.165) is 21.7 Å². The Bertz CT molecular complexity index is 844. The molecule has 0 saturated heterocycles. The van der Waals surface area contributed by atoms with Crippen molar-refractivity contribution in [1.29, 1.82) is 0 Å². The van der Waals surface area contributed by atoms with Gasteiger partial charge in [-0.15, -0.1) is 0 Å². The first-order valence-corrected chi connectivity index (χ1v) is 8.34. The molecule has 2 rings (SSSR count). The summed E-state index contributed by atoms with van der Waals surface area (Å²) in [6.45, 7) is 11.1. The Morgan fingerprint density at radius 1 is 1.37 bits per heavy atom. The number of nitrogens with zero attached hydrogens (tertiary/aromatic N) is 2. The van der Waals surface area contributed by atoms with Crippen molar-refractivity contribution in [2.75, 3.05) is 16.9 Å². The van der Waals surface area contributed by atoms with Crippen molar-refractivity contribution in [3.05, 3.63) is 70.3 Å². The van der Waals surface area contributed by atoms with Crippen molar-refractivity contribution in [1.82, 2.24) is 5.32 Å². The molecule has 1 unspecified atom stereocenters. The van der Waals surface area contributed by atoms with Crippen LogP contribution in [0.2, 0.25) is 0 Å². The number of hydrazine groups is 1. The number of carbonyl (C=O) groups is 2. The number of rotatable bonds is 7. The molecular formula is C19H22N4O4. The summed E-state index contributed by atoms with van der Waals surface area (Å²) in [6, 6.07) is 2.08. The molecule has 1 aromatic carbocycles. The molecule has 1 aliphatic heterocycles. The number of anilines is 2. The molecule has 8 heteroatoms. The second-order valence-electron chi connectivity index (χ2n) is 6.20. The first-order valence-electron chi connectivity index (χ1n) is 8.34. The Hall–Kier alpha value is -3.42. The zero-order chi connectivity index (χ0) is 20.1. The normalized spacial score (nSPS) is 16.2. The van der Waals surface area contributed by atoms with E-state index >= 15 is 0 Å². The van der Waals surface area contributed by atoms with Crippen molar-refractivity contribution in [3.8, 4) is 0 Å². The van der Waals surface area contributed by atoms with Crippen LogP contribution in [-0.2, 0) is 9.59 Å². The van der Waals surface area contributed by atoms with E-state index in [1.807, 2.05) is 13.8 Å². The third-order valence-corrected chi connectivity index (χ3v) is 4.35. The van der Waals surface area contributed by atoms with Crippen LogP contribution in [-0.4, -0.2) is 29.4 Å². The summed E-state index contributed by atoms with van der Waals surface area (Å²) >= 11 is 0. The van der Waals surface area contributed by atoms with Crippen molar-refractivity contribution < 1.29 is 14.6 Å². The maximum absolute atomic E-state index is 12.4. The number of hydrogen-bond acceptors (Lipinski definition) is 4. The molecule has 1 aliphatic rings. The molecule has 0 fully saturated rings. The molecule has 0 radical (unpaired) electrons. The van der Waals surface area contributed by atoms with E-state index in [-0.39, 0.29) is 18.7 Å². The minimum atomic E-state index is -1.25. The molecule has 142 valence electrons. The van der Waals surface area contributed by atoms with E-state index < -0.39 is 22.9 Å². The van der Waals surface area contributed by atoms with Crippen LogP contribution >= 0.6 is 0 Å². The number of hydrogen-bond donors (Lipinski definition) is 2. The topological polar surface area (TPSA) is 105 Å². The summed E-state index contributed by atoms with van der Waals surface area (Å²) in [5.74, 6) is -1.07. The third-order valence-electron chi connectivity index (χ3n) is 4.35. The van der Waals surface area contributed by atoms with E-state index in [9.17, 15) is 19.7 Å². The molecule has 8 nitrogen and oxygen atoms in total. The van der Waals surface area contributed by atoms with Gasteiger partial charge in [0.2, 0.25) is 5.91 Å². The van der Waals surface area contributed by atoms with Crippen molar-refractivity contribution >= 4 is 23.2 Å². The van der Waals surface area contributed by atoms with Gasteiger partial charge in [-0.1, -0.05) is 36.4 Å². The minimum absolute atomic E-state index is 0.191. The lowest BCUT2D eigenvalue weighted by Gasteiger charge is -2.30. The van der Waals surface area contributed by atoms with Gasteiger partial charge < -0.3 is 10.6 Å². The van der Waals surface area contributed by atoms with Gasteiger partial charge in [0.1, 0.15) is 5.69 Å². The second kappa shape index (κ2) is 8.31. The van der Waals surface area contributed by atoms with E-state index in [2.05, 4.69) is 23.8 Å². The molecule has 1 heterocycles. The molecule has 1 atom stereocenters. The van der Waals surface area contributed by atoms with Gasteiger partial charge >= 0.3 is 0 Å². The first kappa shape index (κ1) is 19.9. The zero-order valence-electron chi connectivity index (χ0n) is 15.3. The summed E-state index contributed by atoms with van der Waals surface area (Å²) in [6.07, 6.45) is 4.47. The van der Waals surface area contributed by atoms with Gasteiger partial charge in [0.15, 0.2) is 11.1 Å². The zero-order valence-corrected chi connectivity index (χ0v) is 15.3. The fraction of sp³-hybridized carbons (Fsp3) is 0.263. The van der Waals surface area contributed by atoms with Crippen LogP contribution in [0, 0.1) is 24.0 Å². The van der Waals surface area contributed by atoms with Crippen LogP contribution in [0.4, 0.5) is 11.4 Å². The lowest BCUT2D eigenvalue weighted by atomic mass is 10.0. The van der Waals surface area contributed by atoms with Gasteiger partial charge in [-0.05, 0) is 42.7 Å². The summed E-state index contributed by atoms with van der Waals surface area (Å²) in [5, 5.41) is 17.0. The lowest BCUT2D eigenvalue weighted by Crippen LogP contribution is -2.52. The van der Waals surface area contributed by atoms with E-state index in [1.54, 1.807) is 30.4 Å². The largest absolute Gasteiger partial charge is 0.352 e. The predicted molar refractivity (Wildman–Crippen MR) is 104 cm³/mol. The monoisotopic (exact) mass is 370 g/mol. The molecule has 1 aromatic rings. The Kier molecular flexibility index (Phi) is 6.12. The van der Waals surface area contributed by atoms with Gasteiger partial charge in [0, 0.05) is 6.54 Å². The van der Waals surface area contributed by atoms with Gasteiger partial charge in [0.05, 0.1) is 12.1 Å². The molecular weight excluding hydrogens is 348 g/mol. The van der Waals surface area contributed by atoms with Gasteiger partial charge in [0.25, 0.3) is 5.91 Å². The molecule has 0 aromatic heterocycles. The van der Waals surface area contributed by atoms with E-state index in [4.69, 9.17) is 0 Å². The minimum Gasteiger partial charge on any atom is -0.352 e. The fourth-order valence-electron chi connectivity index (χ4n) is 2.77. The summed E-state index contributed by atoms with van der Waals surface area (Å²) in [4.78, 5) is 36.3. The molecule has 0 bridgehead atoms. The average molecular weight is 370 g/mol. The maximum atomic E-state index is 12.4. The smallest absolute Gasteiger partial charge is 0.254 e. The fourth-order valence-corrected chi connectivity index (χ4v) is 2.77. The van der Waals surface area contributed by atoms with Crippen molar-refractivity contribution in [2.45, 2.75) is 26.3 Å². The number of nitro groups is 1. The summed E-state index contributed by atoms with van der Waals surface area (Å²) in [7, 11) is 0. The number of carbonyl (C=O) groups excluding carboxylic acids is 2. The highest BCUT2D eigenvalue weighted by Gasteiger charge is 2.42. The Balaban J connectivity index is 2.23. The predicted octanol–water partition coefficient (Wildman–Crippen LogP) is 2.43. The lowest BCUT2D eigenvalue weighted by molar-refractivity contribution is -0.498. The third kappa shape index (κ3) is 4.41. The Morgan fingerprint density at radius 2 is 2.04 bits per heavy atom. The van der Waals surface area contributed by atoms with Crippen LogP contribution in [0.5, 0.6) is 0 Å². The summed E-state index contributed by atoms with van der Waals surface area (Å²) in [5.41, 5.74) is 3.11. The van der Waals surface area contributed by atoms with Crippen LogP contribution in [0.1, 0.15) is 17.5 Å². The molecule has 0 spiro atoms. The highest BCUT2D eigenvalue weighted by Crippen LogP contribution is 2.35. The number of fused-ring (bicyclic) bond motifs is 1. The molecule has 2 amide bonds. The number of allylic oxidation sites excluding steroid dienone is 2.